The van der Waals surface area contributed by atoms with Gasteiger partial charge in [0.25, 0.3) is 0 Å². The van der Waals surface area contributed by atoms with E-state index < -0.39 is 0 Å². The van der Waals surface area contributed by atoms with E-state index in [9.17, 15) is 0 Å². The summed E-state index contributed by atoms with van der Waals surface area (Å²) in [5.74, 6) is 0.506. The number of rotatable bonds is 2. The Bertz CT molecular complexity index is 1200. The zero-order valence-corrected chi connectivity index (χ0v) is 17.0. The van der Waals surface area contributed by atoms with Gasteiger partial charge in [0, 0.05) is 21.9 Å². The Balaban J connectivity index is 1.96. The van der Waals surface area contributed by atoms with Gasteiger partial charge in [-0.2, -0.15) is 0 Å². The summed E-state index contributed by atoms with van der Waals surface area (Å²) >= 11 is 0. The average Bonchev–Trinajstić information content (AvgIpc) is 2.95. The molecule has 0 bridgehead atoms. The van der Waals surface area contributed by atoms with Crippen LogP contribution in [0.25, 0.3) is 33.3 Å². The molecule has 1 aromatic heterocycles. The number of aromatic nitrogens is 1. The number of fused-ring (bicyclic) bond motifs is 5. The molecule has 0 aliphatic heterocycles. The van der Waals surface area contributed by atoms with Gasteiger partial charge in [0.1, 0.15) is 0 Å². The molecule has 1 aliphatic carbocycles. The third kappa shape index (κ3) is 2.36. The number of nitrogens with zero attached hydrogens (tertiary/aromatic N) is 1. The van der Waals surface area contributed by atoms with Crippen LogP contribution in [0.4, 0.5) is 0 Å². The molecule has 0 saturated heterocycles. The van der Waals surface area contributed by atoms with E-state index in [4.69, 9.17) is 4.98 Å². The van der Waals surface area contributed by atoms with Crippen LogP contribution in [0.3, 0.4) is 0 Å². The van der Waals surface area contributed by atoms with Gasteiger partial charge in [0.2, 0.25) is 0 Å². The second-order valence-electron chi connectivity index (χ2n) is 8.68. The summed E-state index contributed by atoms with van der Waals surface area (Å²) in [5.41, 5.74) is 10.2. The summed E-state index contributed by atoms with van der Waals surface area (Å²) in [6.07, 6.45) is 0. The number of hydrogen-bond donors (Lipinski definition) is 0. The summed E-state index contributed by atoms with van der Waals surface area (Å²) in [7, 11) is 0. The molecule has 0 spiro atoms. The molecule has 138 valence electrons. The molecule has 1 heteroatoms. The molecule has 1 aliphatic rings. The van der Waals surface area contributed by atoms with Crippen LogP contribution in [-0.4, -0.2) is 4.98 Å². The molecule has 0 fully saturated rings. The largest absolute Gasteiger partial charge is 0.247 e. The lowest BCUT2D eigenvalue weighted by atomic mass is 9.80. The van der Waals surface area contributed by atoms with Crippen LogP contribution in [0.2, 0.25) is 0 Å². The molecule has 1 heterocycles. The SMILES string of the molecule is CC(C)c1ccc2c(c1)-c1c(-c3ccccc3)nc3ccccc3c1C2(C)C. The van der Waals surface area contributed by atoms with Crippen molar-refractivity contribution < 1.29 is 0 Å². The van der Waals surface area contributed by atoms with Crippen molar-refractivity contribution in [2.75, 3.05) is 0 Å². The molecule has 4 aromatic rings. The molecule has 0 N–H and O–H groups in total. The van der Waals surface area contributed by atoms with Crippen LogP contribution in [-0.2, 0) is 5.41 Å². The quantitative estimate of drug-likeness (QED) is 0.363. The average molecular weight is 364 g/mol. The van der Waals surface area contributed by atoms with Crippen LogP contribution < -0.4 is 0 Å². The highest BCUT2D eigenvalue weighted by atomic mass is 14.7. The van der Waals surface area contributed by atoms with Crippen molar-refractivity contribution in [3.05, 3.63) is 89.5 Å². The molecule has 28 heavy (non-hydrogen) atoms. The van der Waals surface area contributed by atoms with Crippen molar-refractivity contribution in [3.8, 4) is 22.4 Å². The molecule has 5 rings (SSSR count). The fraction of sp³-hybridized carbons (Fsp3) is 0.222. The highest BCUT2D eigenvalue weighted by Crippen LogP contribution is 2.54. The monoisotopic (exact) mass is 363 g/mol. The summed E-state index contributed by atoms with van der Waals surface area (Å²) in [5, 5.41) is 1.27. The van der Waals surface area contributed by atoms with Crippen molar-refractivity contribution in [3.63, 3.8) is 0 Å². The van der Waals surface area contributed by atoms with Crippen molar-refractivity contribution in [2.45, 2.75) is 39.0 Å². The Kier molecular flexibility index (Phi) is 3.71. The first-order valence-corrected chi connectivity index (χ1v) is 10.1. The highest BCUT2D eigenvalue weighted by molar-refractivity contribution is 6.01. The lowest BCUT2D eigenvalue weighted by Gasteiger charge is -2.23. The van der Waals surface area contributed by atoms with E-state index in [2.05, 4.69) is 100 Å². The number of pyridine rings is 1. The maximum Gasteiger partial charge on any atom is 0.0791 e. The van der Waals surface area contributed by atoms with Gasteiger partial charge in [-0.3, -0.25) is 0 Å². The Labute approximate surface area is 167 Å². The number of para-hydroxylation sites is 1. The molecule has 0 unspecified atom stereocenters. The van der Waals surface area contributed by atoms with Gasteiger partial charge in [-0.1, -0.05) is 94.4 Å². The predicted octanol–water partition coefficient (Wildman–Crippen LogP) is 7.33. The van der Waals surface area contributed by atoms with Crippen LogP contribution >= 0.6 is 0 Å². The summed E-state index contributed by atoms with van der Waals surface area (Å²) < 4.78 is 0. The predicted molar refractivity (Wildman–Crippen MR) is 119 cm³/mol. The number of benzene rings is 3. The minimum atomic E-state index is -0.0494. The van der Waals surface area contributed by atoms with E-state index in [1.165, 1.54) is 38.8 Å². The van der Waals surface area contributed by atoms with Crippen molar-refractivity contribution in [2.24, 2.45) is 0 Å². The minimum Gasteiger partial charge on any atom is -0.247 e. The fourth-order valence-electron chi connectivity index (χ4n) is 4.74. The summed E-state index contributed by atoms with van der Waals surface area (Å²) in [6, 6.07) is 26.2. The second kappa shape index (κ2) is 6.04. The lowest BCUT2D eigenvalue weighted by Crippen LogP contribution is -2.16. The Morgan fingerprint density at radius 1 is 0.821 bits per heavy atom. The third-order valence-corrected chi connectivity index (χ3v) is 6.22. The van der Waals surface area contributed by atoms with Crippen LogP contribution in [0.5, 0.6) is 0 Å². The normalized spacial score (nSPS) is 14.3. The van der Waals surface area contributed by atoms with Gasteiger partial charge in [-0.05, 0) is 34.2 Å². The van der Waals surface area contributed by atoms with Gasteiger partial charge in [0.05, 0.1) is 11.2 Å². The molecule has 3 aromatic carbocycles. The Hall–Kier alpha value is -2.93. The first-order valence-electron chi connectivity index (χ1n) is 10.1. The molecular weight excluding hydrogens is 338 g/mol. The van der Waals surface area contributed by atoms with E-state index in [1.807, 2.05) is 0 Å². The maximum atomic E-state index is 5.16. The van der Waals surface area contributed by atoms with E-state index >= 15 is 0 Å². The van der Waals surface area contributed by atoms with Crippen molar-refractivity contribution in [1.82, 2.24) is 4.98 Å². The molecule has 0 atom stereocenters. The van der Waals surface area contributed by atoms with Gasteiger partial charge < -0.3 is 0 Å². The van der Waals surface area contributed by atoms with Gasteiger partial charge >= 0.3 is 0 Å². The van der Waals surface area contributed by atoms with Crippen LogP contribution in [0.1, 0.15) is 50.3 Å². The van der Waals surface area contributed by atoms with E-state index in [0.717, 1.165) is 11.2 Å². The maximum absolute atomic E-state index is 5.16. The molecule has 0 amide bonds. The van der Waals surface area contributed by atoms with Crippen LogP contribution in [0.15, 0.2) is 72.8 Å². The van der Waals surface area contributed by atoms with E-state index in [-0.39, 0.29) is 5.41 Å². The third-order valence-electron chi connectivity index (χ3n) is 6.22. The summed E-state index contributed by atoms with van der Waals surface area (Å²) in [6.45, 7) is 9.24. The smallest absolute Gasteiger partial charge is 0.0791 e. The van der Waals surface area contributed by atoms with Crippen molar-refractivity contribution >= 4 is 10.9 Å². The van der Waals surface area contributed by atoms with Crippen LogP contribution in [0, 0.1) is 0 Å². The molecule has 1 nitrogen and oxygen atoms in total. The lowest BCUT2D eigenvalue weighted by molar-refractivity contribution is 0.665. The zero-order chi connectivity index (χ0) is 19.5. The van der Waals surface area contributed by atoms with E-state index in [0.29, 0.717) is 5.92 Å². The fourth-order valence-corrected chi connectivity index (χ4v) is 4.74. The standard InChI is InChI=1S/C27H25N/c1-17(2)19-14-15-22-21(16-19)24-25(27(22,3)4)20-12-8-9-13-23(20)28-26(24)18-10-6-5-7-11-18/h5-17H,1-4H3. The zero-order valence-electron chi connectivity index (χ0n) is 17.0. The molecule has 0 radical (unpaired) electrons. The molecular formula is C27H25N. The van der Waals surface area contributed by atoms with Gasteiger partial charge in [-0.25, -0.2) is 4.98 Å². The first kappa shape index (κ1) is 17.2. The Morgan fingerprint density at radius 3 is 2.29 bits per heavy atom. The first-order chi connectivity index (χ1) is 13.5. The molecule has 0 saturated carbocycles. The van der Waals surface area contributed by atoms with Gasteiger partial charge in [-0.15, -0.1) is 0 Å². The number of hydrogen-bond acceptors (Lipinski definition) is 1. The van der Waals surface area contributed by atoms with Gasteiger partial charge in [0.15, 0.2) is 0 Å². The van der Waals surface area contributed by atoms with E-state index in [1.54, 1.807) is 0 Å². The topological polar surface area (TPSA) is 12.9 Å². The summed E-state index contributed by atoms with van der Waals surface area (Å²) in [4.78, 5) is 5.16. The van der Waals surface area contributed by atoms with Crippen molar-refractivity contribution in [1.29, 1.82) is 0 Å². The highest BCUT2D eigenvalue weighted by Gasteiger charge is 2.39. The second-order valence-corrected chi connectivity index (χ2v) is 8.68. The minimum absolute atomic E-state index is 0.0494. The Morgan fingerprint density at radius 2 is 1.54 bits per heavy atom.